The minimum Gasteiger partial charge on any atom is -0.351 e. The molecule has 14 nitrogen and oxygen atoms in total. The number of rotatable bonds is 19. The number of unbranched alkanes of at least 4 members (excludes halogenated alkanes) is 3. The van der Waals surface area contributed by atoms with Gasteiger partial charge in [-0.05, 0) is 116 Å². The normalized spacial score (nSPS) is 30.5. The monoisotopic (exact) mass is 867 g/mol. The van der Waals surface area contributed by atoms with Gasteiger partial charge >= 0.3 is 0 Å². The SMILES string of the molecule is CN[C@@H](C)C(=O)N[C@@H](CCCCCC[C@H](NC(=O)[C@H](C)NC)C(=O)N1CCC[C@H]1C(=O)NC1CCCC2CCCCC21)C(=O)N1CCC[C@H]1C(=O)NC1CCCC2CCCCC21. The van der Waals surface area contributed by atoms with E-state index < -0.39 is 36.3 Å². The molecular weight excluding hydrogens is 785 g/mol. The molecule has 2 saturated heterocycles. The minimum absolute atomic E-state index is 0.0521. The van der Waals surface area contributed by atoms with Crippen molar-refractivity contribution in [2.24, 2.45) is 23.7 Å². The van der Waals surface area contributed by atoms with E-state index in [9.17, 15) is 28.8 Å². The molecule has 12 atom stereocenters. The van der Waals surface area contributed by atoms with Crippen molar-refractivity contribution in [3.05, 3.63) is 0 Å². The van der Waals surface area contributed by atoms with E-state index >= 15 is 0 Å². The molecule has 6 N–H and O–H groups in total. The summed E-state index contributed by atoms with van der Waals surface area (Å²) in [5.41, 5.74) is 0. The molecule has 350 valence electrons. The Labute approximate surface area is 372 Å². The standard InChI is InChI=1S/C48H82N8O6/c1-31(49-3)43(57)53-39(47(61)55-29-15-27-41(55)45(59)51-37-25-13-19-33-17-9-11-21-35(33)37)23-7-5-6-8-24-40(54-44(58)32(2)50-4)48(62)56-30-16-28-42(56)46(60)52-38-26-14-20-34-18-10-12-22-36(34)38/h31-42,49-50H,5-30H2,1-4H3,(H,51,59)(H,52,60)(H,53,57)(H,54,58)/t31-,32-,33?,34?,35?,36?,37?,38?,39-,40-,41-,42-/m0/s1. The molecule has 6 unspecified atom stereocenters. The quantitative estimate of drug-likeness (QED) is 0.103. The highest BCUT2D eigenvalue weighted by Gasteiger charge is 2.43. The summed E-state index contributed by atoms with van der Waals surface area (Å²) in [6.45, 7) is 4.52. The molecule has 6 amide bonds. The smallest absolute Gasteiger partial charge is 0.245 e. The minimum atomic E-state index is -0.753. The Morgan fingerprint density at radius 3 is 1.27 bits per heavy atom. The van der Waals surface area contributed by atoms with Gasteiger partial charge in [0.25, 0.3) is 0 Å². The number of nitrogens with one attached hydrogen (secondary N) is 6. The lowest BCUT2D eigenvalue weighted by Crippen LogP contribution is -2.57. The van der Waals surface area contributed by atoms with Crippen LogP contribution in [0.2, 0.25) is 0 Å². The van der Waals surface area contributed by atoms with Crippen LogP contribution in [0.3, 0.4) is 0 Å². The number of hydrogen-bond donors (Lipinski definition) is 6. The summed E-state index contributed by atoms with van der Waals surface area (Å²) in [6, 6.07) is -3.17. The molecule has 62 heavy (non-hydrogen) atoms. The van der Waals surface area contributed by atoms with Gasteiger partial charge in [-0.15, -0.1) is 0 Å². The first-order valence-electron chi connectivity index (χ1n) is 25.2. The number of carbonyl (C=O) groups excluding carboxylic acids is 6. The van der Waals surface area contributed by atoms with Gasteiger partial charge in [0.05, 0.1) is 12.1 Å². The van der Waals surface area contributed by atoms with Gasteiger partial charge < -0.3 is 41.7 Å². The molecule has 6 fully saturated rings. The molecule has 14 heteroatoms. The molecule has 0 aromatic heterocycles. The van der Waals surface area contributed by atoms with Crippen molar-refractivity contribution in [2.45, 2.75) is 216 Å². The molecule has 2 aliphatic heterocycles. The Morgan fingerprint density at radius 1 is 0.484 bits per heavy atom. The Hall–Kier alpha value is -3.26. The number of fused-ring (bicyclic) bond motifs is 2. The molecule has 0 radical (unpaired) electrons. The third-order valence-electron chi connectivity index (χ3n) is 16.1. The summed E-state index contributed by atoms with van der Waals surface area (Å²) >= 11 is 0. The Bertz CT molecular complexity index is 1420. The van der Waals surface area contributed by atoms with Crippen LogP contribution in [0.5, 0.6) is 0 Å². The topological polar surface area (TPSA) is 181 Å². The predicted molar refractivity (Wildman–Crippen MR) is 241 cm³/mol. The number of hydrogen-bond acceptors (Lipinski definition) is 8. The van der Waals surface area contributed by atoms with E-state index in [0.29, 0.717) is 75.3 Å². The third-order valence-corrected chi connectivity index (χ3v) is 16.1. The van der Waals surface area contributed by atoms with Crippen LogP contribution in [0.4, 0.5) is 0 Å². The zero-order valence-electron chi connectivity index (χ0n) is 38.7. The number of likely N-dealkylation sites (N-methyl/N-ethyl adjacent to an activating group) is 2. The third kappa shape index (κ3) is 12.3. The highest BCUT2D eigenvalue weighted by molar-refractivity contribution is 5.94. The first kappa shape index (κ1) is 48.2. The average Bonchev–Trinajstić information content (AvgIpc) is 4.00. The maximum Gasteiger partial charge on any atom is 0.245 e. The molecule has 0 bridgehead atoms. The fourth-order valence-corrected chi connectivity index (χ4v) is 12.2. The molecule has 0 aromatic rings. The largest absolute Gasteiger partial charge is 0.351 e. The number of nitrogens with zero attached hydrogens (tertiary/aromatic N) is 2. The van der Waals surface area contributed by atoms with Crippen molar-refractivity contribution < 1.29 is 28.8 Å². The van der Waals surface area contributed by atoms with Crippen LogP contribution in [0.15, 0.2) is 0 Å². The Morgan fingerprint density at radius 2 is 0.871 bits per heavy atom. The summed E-state index contributed by atoms with van der Waals surface area (Å²) in [7, 11) is 3.43. The van der Waals surface area contributed by atoms with E-state index in [1.54, 1.807) is 37.7 Å². The fourth-order valence-electron chi connectivity index (χ4n) is 12.2. The highest BCUT2D eigenvalue weighted by atomic mass is 16.2. The van der Waals surface area contributed by atoms with Crippen LogP contribution in [0.1, 0.15) is 168 Å². The molecular formula is C48H82N8O6. The number of carbonyl (C=O) groups is 6. The predicted octanol–water partition coefficient (Wildman–Crippen LogP) is 4.44. The maximum absolute atomic E-state index is 14.3. The van der Waals surface area contributed by atoms with Crippen LogP contribution >= 0.6 is 0 Å². The Kier molecular flexibility index (Phi) is 18.4. The molecule has 4 aliphatic carbocycles. The van der Waals surface area contributed by atoms with E-state index in [1.807, 2.05) is 0 Å². The summed E-state index contributed by atoms with van der Waals surface area (Å²) in [6.07, 6.45) is 23.1. The van der Waals surface area contributed by atoms with E-state index in [1.165, 1.54) is 64.2 Å². The van der Waals surface area contributed by atoms with Gasteiger partial charge in [-0.3, -0.25) is 28.8 Å². The lowest BCUT2D eigenvalue weighted by atomic mass is 9.68. The van der Waals surface area contributed by atoms with E-state index in [4.69, 9.17) is 0 Å². The Balaban J connectivity index is 1.03. The number of amides is 6. The molecule has 0 aromatic carbocycles. The van der Waals surface area contributed by atoms with Crippen LogP contribution in [-0.4, -0.2) is 121 Å². The zero-order valence-corrected chi connectivity index (χ0v) is 38.7. The molecule has 2 heterocycles. The summed E-state index contributed by atoms with van der Waals surface area (Å²) in [5.74, 6) is 1.43. The van der Waals surface area contributed by atoms with Gasteiger partial charge in [-0.1, -0.05) is 89.9 Å². The second kappa shape index (κ2) is 23.6. The first-order chi connectivity index (χ1) is 30.0. The van der Waals surface area contributed by atoms with Gasteiger partial charge in [0.15, 0.2) is 0 Å². The lowest BCUT2D eigenvalue weighted by Gasteiger charge is -2.42. The lowest BCUT2D eigenvalue weighted by molar-refractivity contribution is -0.142. The molecule has 0 spiro atoms. The van der Waals surface area contributed by atoms with Crippen molar-refractivity contribution in [2.75, 3.05) is 27.2 Å². The second-order valence-electron chi connectivity index (χ2n) is 20.0. The van der Waals surface area contributed by atoms with Gasteiger partial charge in [0.1, 0.15) is 24.2 Å². The molecule has 4 saturated carbocycles. The van der Waals surface area contributed by atoms with Crippen molar-refractivity contribution in [3.63, 3.8) is 0 Å². The van der Waals surface area contributed by atoms with E-state index in [2.05, 4.69) is 31.9 Å². The van der Waals surface area contributed by atoms with Crippen molar-refractivity contribution in [3.8, 4) is 0 Å². The van der Waals surface area contributed by atoms with Gasteiger partial charge in [-0.2, -0.15) is 0 Å². The van der Waals surface area contributed by atoms with Crippen LogP contribution < -0.4 is 31.9 Å². The van der Waals surface area contributed by atoms with Crippen molar-refractivity contribution in [1.82, 2.24) is 41.7 Å². The average molecular weight is 867 g/mol. The van der Waals surface area contributed by atoms with Crippen molar-refractivity contribution >= 4 is 35.4 Å². The van der Waals surface area contributed by atoms with Crippen LogP contribution in [0.25, 0.3) is 0 Å². The van der Waals surface area contributed by atoms with Gasteiger partial charge in [0.2, 0.25) is 35.4 Å². The summed E-state index contributed by atoms with van der Waals surface area (Å²) in [4.78, 5) is 85.9. The first-order valence-corrected chi connectivity index (χ1v) is 25.2. The second-order valence-corrected chi connectivity index (χ2v) is 20.0. The molecule has 6 rings (SSSR count). The zero-order chi connectivity index (χ0) is 44.2. The van der Waals surface area contributed by atoms with E-state index in [0.717, 1.165) is 51.4 Å². The van der Waals surface area contributed by atoms with Crippen molar-refractivity contribution in [1.29, 1.82) is 0 Å². The summed E-state index contributed by atoms with van der Waals surface area (Å²) < 4.78 is 0. The highest BCUT2D eigenvalue weighted by Crippen LogP contribution is 2.42. The molecule has 6 aliphatic rings. The number of likely N-dealkylation sites (tertiary alicyclic amines) is 2. The maximum atomic E-state index is 14.3. The van der Waals surface area contributed by atoms with Gasteiger partial charge in [0, 0.05) is 25.2 Å². The van der Waals surface area contributed by atoms with Crippen LogP contribution in [0, 0.1) is 23.7 Å². The van der Waals surface area contributed by atoms with Crippen LogP contribution in [-0.2, 0) is 28.8 Å². The fraction of sp³-hybridized carbons (Fsp3) is 0.875. The van der Waals surface area contributed by atoms with E-state index in [-0.39, 0.29) is 47.5 Å². The summed E-state index contributed by atoms with van der Waals surface area (Å²) in [5, 5.41) is 18.8. The van der Waals surface area contributed by atoms with Gasteiger partial charge in [-0.25, -0.2) is 0 Å².